The molecule has 0 spiro atoms. The summed E-state index contributed by atoms with van der Waals surface area (Å²) in [5.74, 6) is 0. The Hall–Kier alpha value is -4.08. The molecule has 3 heteroatoms. The first-order valence-corrected chi connectivity index (χ1v) is 11.8. The second kappa shape index (κ2) is 15.7. The summed E-state index contributed by atoms with van der Waals surface area (Å²) in [7, 11) is 1.89. The summed E-state index contributed by atoms with van der Waals surface area (Å²) < 4.78 is 0. The highest BCUT2D eigenvalue weighted by molar-refractivity contribution is 5.83. The Morgan fingerprint density at radius 1 is 0.914 bits per heavy atom. The molecule has 0 fully saturated rings. The molecule has 0 unspecified atom stereocenters. The highest BCUT2D eigenvalue weighted by Gasteiger charge is 2.03. The number of hydrazine groups is 1. The van der Waals surface area contributed by atoms with Gasteiger partial charge < -0.3 is 10.3 Å². The van der Waals surface area contributed by atoms with Crippen LogP contribution in [0.2, 0.25) is 0 Å². The summed E-state index contributed by atoms with van der Waals surface area (Å²) in [6.07, 6.45) is 13.9. The third-order valence-corrected chi connectivity index (χ3v) is 5.14. The zero-order chi connectivity index (χ0) is 25.3. The van der Waals surface area contributed by atoms with E-state index >= 15 is 0 Å². The molecule has 0 saturated heterocycles. The number of anilines is 1. The minimum Gasteiger partial charge on any atom is -0.394 e. The van der Waals surface area contributed by atoms with Gasteiger partial charge in [-0.2, -0.15) is 0 Å². The van der Waals surface area contributed by atoms with Crippen LogP contribution in [0.5, 0.6) is 0 Å². The second-order valence-electron chi connectivity index (χ2n) is 7.65. The number of nitrogens with one attached hydrogen (secondary N) is 2. The van der Waals surface area contributed by atoms with Gasteiger partial charge in [0.2, 0.25) is 0 Å². The standard InChI is InChI=1S/C32H37N3/c1-6-26-35(34-8-3)31-19-12-10-9-11-17-29(23-24-31)30(18-15-25-33-5)22-21-27(4)32-20-14-13-16-28(32)7-2/h6-7,9-25,33-34H,1-2,4,8,26H2,3,5H3/b10-9?,11-9?,12-10?,17-11?,19-12?,22-21-,24-23?,25-15+,29-17?,29-23?,30-18+,31-19?,31-24?. The number of hydrogen-bond donors (Lipinski definition) is 2. The lowest BCUT2D eigenvalue weighted by molar-refractivity contribution is 0.681. The largest absolute Gasteiger partial charge is 0.394 e. The topological polar surface area (TPSA) is 27.3 Å². The third-order valence-electron chi connectivity index (χ3n) is 5.14. The Morgan fingerprint density at radius 3 is 2.37 bits per heavy atom. The molecule has 0 bridgehead atoms. The van der Waals surface area contributed by atoms with E-state index in [0.29, 0.717) is 6.54 Å². The molecule has 2 aromatic rings. The van der Waals surface area contributed by atoms with Crippen molar-refractivity contribution >= 4 is 22.9 Å². The van der Waals surface area contributed by atoms with Crippen LogP contribution in [-0.2, 0) is 0 Å². The van der Waals surface area contributed by atoms with Gasteiger partial charge in [-0.1, -0.05) is 111 Å². The number of benzene rings is 1. The summed E-state index contributed by atoms with van der Waals surface area (Å²) in [4.78, 5) is 0. The van der Waals surface area contributed by atoms with Crippen molar-refractivity contribution in [1.29, 1.82) is 0 Å². The normalized spacial score (nSPS) is 11.2. The average molecular weight is 464 g/mol. The molecule has 180 valence electrons. The van der Waals surface area contributed by atoms with E-state index in [9.17, 15) is 0 Å². The predicted molar refractivity (Wildman–Crippen MR) is 156 cm³/mol. The van der Waals surface area contributed by atoms with Crippen LogP contribution in [0.3, 0.4) is 0 Å². The van der Waals surface area contributed by atoms with E-state index in [2.05, 4.69) is 91.0 Å². The van der Waals surface area contributed by atoms with Crippen LogP contribution in [0.15, 0.2) is 129 Å². The molecule has 0 aromatic heterocycles. The molecule has 0 aliphatic rings. The van der Waals surface area contributed by atoms with E-state index in [1.165, 1.54) is 0 Å². The van der Waals surface area contributed by atoms with Crippen LogP contribution in [0.1, 0.15) is 23.6 Å². The van der Waals surface area contributed by atoms with Crippen molar-refractivity contribution in [2.75, 3.05) is 25.1 Å². The summed E-state index contributed by atoms with van der Waals surface area (Å²) in [6.45, 7) is 15.7. The third kappa shape index (κ3) is 9.00. The monoisotopic (exact) mass is 463 g/mol. The van der Waals surface area contributed by atoms with Crippen LogP contribution in [0.25, 0.3) is 17.2 Å². The Labute approximate surface area is 211 Å². The minimum absolute atomic E-state index is 0.697. The van der Waals surface area contributed by atoms with Crippen molar-refractivity contribution < 1.29 is 0 Å². The first-order chi connectivity index (χ1) is 17.1. The summed E-state index contributed by atoms with van der Waals surface area (Å²) in [5, 5.41) is 5.14. The quantitative estimate of drug-likeness (QED) is 0.196. The van der Waals surface area contributed by atoms with Crippen molar-refractivity contribution in [3.8, 4) is 0 Å². The molecular formula is C32H37N3. The lowest BCUT2D eigenvalue weighted by atomic mass is 9.98. The molecule has 3 nitrogen and oxygen atoms in total. The number of hydrogen-bond acceptors (Lipinski definition) is 3. The highest BCUT2D eigenvalue weighted by atomic mass is 15.5. The number of rotatable bonds is 12. The minimum atomic E-state index is 0.697. The molecule has 35 heavy (non-hydrogen) atoms. The maximum atomic E-state index is 4.30. The molecule has 0 amide bonds. The second-order valence-corrected chi connectivity index (χ2v) is 7.65. The van der Waals surface area contributed by atoms with Gasteiger partial charge in [0, 0.05) is 13.6 Å². The fraction of sp³-hybridized carbons (Fsp3) is 0.125. The lowest BCUT2D eigenvalue weighted by Gasteiger charge is -2.22. The van der Waals surface area contributed by atoms with E-state index in [4.69, 9.17) is 0 Å². The fourth-order valence-corrected chi connectivity index (χ4v) is 3.43. The van der Waals surface area contributed by atoms with Gasteiger partial charge in [0.1, 0.15) is 0 Å². The van der Waals surface area contributed by atoms with Crippen molar-refractivity contribution in [1.82, 2.24) is 10.7 Å². The molecule has 0 saturated carbocycles. The lowest BCUT2D eigenvalue weighted by Crippen LogP contribution is -2.37. The number of allylic oxidation sites excluding steroid dienone is 6. The molecule has 0 atom stereocenters. The van der Waals surface area contributed by atoms with Crippen LogP contribution < -0.4 is 15.8 Å². The summed E-state index contributed by atoms with van der Waals surface area (Å²) >= 11 is 0. The van der Waals surface area contributed by atoms with Gasteiger partial charge in [-0.25, -0.2) is 5.43 Å². The van der Waals surface area contributed by atoms with Crippen LogP contribution in [0, 0.1) is 0 Å². The zero-order valence-corrected chi connectivity index (χ0v) is 21.0. The fourth-order valence-electron chi connectivity index (χ4n) is 3.43. The molecular weight excluding hydrogens is 426 g/mol. The number of nitrogens with zero attached hydrogens (tertiary/aromatic N) is 1. The smallest absolute Gasteiger partial charge is 0.0523 e. The van der Waals surface area contributed by atoms with Gasteiger partial charge in [0.15, 0.2) is 0 Å². The van der Waals surface area contributed by atoms with Crippen molar-refractivity contribution in [3.05, 3.63) is 146 Å². The molecule has 2 N–H and O–H groups in total. The van der Waals surface area contributed by atoms with Crippen LogP contribution >= 0.6 is 0 Å². The van der Waals surface area contributed by atoms with Gasteiger partial charge >= 0.3 is 0 Å². The Balaban J connectivity index is 2.56. The molecule has 0 heterocycles. The van der Waals surface area contributed by atoms with Gasteiger partial charge in [-0.05, 0) is 52.2 Å². The zero-order valence-electron chi connectivity index (χ0n) is 21.0. The Kier molecular flexibility index (Phi) is 12.2. The summed E-state index contributed by atoms with van der Waals surface area (Å²) in [6, 6.07) is 24.7. The van der Waals surface area contributed by atoms with E-state index < -0.39 is 0 Å². The first-order valence-electron chi connectivity index (χ1n) is 11.8. The highest BCUT2D eigenvalue weighted by Crippen LogP contribution is 2.23. The first kappa shape index (κ1) is 27.2. The van der Waals surface area contributed by atoms with E-state index in [0.717, 1.165) is 40.1 Å². The molecule has 0 aliphatic carbocycles. The SMILES string of the molecule is C=CCN(NCC)c1ccccccc(C(/C=C\C(=C)c2ccccc2C=C)=C/C=C/NC)cc1. The van der Waals surface area contributed by atoms with E-state index in [1.807, 2.05) is 73.9 Å². The van der Waals surface area contributed by atoms with Gasteiger partial charge in [-0.3, -0.25) is 0 Å². The van der Waals surface area contributed by atoms with E-state index in [1.54, 1.807) is 0 Å². The predicted octanol–water partition coefficient (Wildman–Crippen LogP) is 7.36. The van der Waals surface area contributed by atoms with Gasteiger partial charge in [0.25, 0.3) is 0 Å². The molecule has 2 aromatic carbocycles. The van der Waals surface area contributed by atoms with Crippen molar-refractivity contribution in [2.45, 2.75) is 6.92 Å². The average Bonchev–Trinajstić information content (AvgIpc) is 2.88. The Bertz CT molecular complexity index is 1140. The van der Waals surface area contributed by atoms with Gasteiger partial charge in [-0.15, -0.1) is 6.58 Å². The maximum absolute atomic E-state index is 4.30. The van der Waals surface area contributed by atoms with Crippen molar-refractivity contribution in [3.63, 3.8) is 0 Å². The van der Waals surface area contributed by atoms with Crippen molar-refractivity contribution in [2.24, 2.45) is 0 Å². The molecule has 0 aliphatic heterocycles. The van der Waals surface area contributed by atoms with Crippen LogP contribution in [-0.4, -0.2) is 20.1 Å². The maximum Gasteiger partial charge on any atom is 0.0523 e. The van der Waals surface area contributed by atoms with E-state index in [-0.39, 0.29) is 0 Å². The molecule has 2 rings (SSSR count). The Morgan fingerprint density at radius 2 is 1.66 bits per heavy atom. The molecule has 0 radical (unpaired) electrons. The van der Waals surface area contributed by atoms with Gasteiger partial charge in [0.05, 0.1) is 12.2 Å². The summed E-state index contributed by atoms with van der Waals surface area (Å²) in [5.41, 5.74) is 9.62. The van der Waals surface area contributed by atoms with Crippen LogP contribution in [0.4, 0.5) is 5.69 Å².